The number of nitrogens with zero attached hydrogens (tertiary/aromatic N) is 2. The van der Waals surface area contributed by atoms with Gasteiger partial charge in [0.25, 0.3) is 0 Å². The summed E-state index contributed by atoms with van der Waals surface area (Å²) in [6.07, 6.45) is -2.98. The van der Waals surface area contributed by atoms with Crippen molar-refractivity contribution in [2.24, 2.45) is 5.10 Å². The van der Waals surface area contributed by atoms with Gasteiger partial charge in [-0.05, 0) is 106 Å². The fourth-order valence-electron chi connectivity index (χ4n) is 3.53. The number of nitrogens with one attached hydrogen (secondary N) is 2. The average Bonchev–Trinajstić information content (AvgIpc) is 3.35. The van der Waals surface area contributed by atoms with Gasteiger partial charge in [0, 0.05) is 14.6 Å². The first-order chi connectivity index (χ1) is 19.6. The van der Waals surface area contributed by atoms with Crippen molar-refractivity contribution in [1.29, 1.82) is 0 Å². The molecule has 0 saturated carbocycles. The standard InChI is InChI=1S/C28H23F3I2N4O3S/c1-2-39-24-11-18(10-23(33)26(24)40-15-17-6-8-20(32)9-7-17)14-34-37-25(38)13-22-16-41-27(36-22)35-21-5-3-4-19(12-21)28(29,30)31/h3-12,14,16H,2,13,15H2,1H3,(H,35,36)(H,37,38)/b34-14-. The Morgan fingerprint density at radius 1 is 1.10 bits per heavy atom. The topological polar surface area (TPSA) is 84.8 Å². The van der Waals surface area contributed by atoms with E-state index in [1.54, 1.807) is 11.4 Å². The minimum absolute atomic E-state index is 0.0504. The molecule has 4 rings (SSSR count). The fraction of sp³-hybridized carbons (Fsp3) is 0.179. The number of alkyl halides is 3. The summed E-state index contributed by atoms with van der Waals surface area (Å²) in [5.41, 5.74) is 4.17. The number of hydrazone groups is 1. The van der Waals surface area contributed by atoms with Crippen molar-refractivity contribution in [3.05, 3.63) is 95.6 Å². The molecule has 2 N–H and O–H groups in total. The van der Waals surface area contributed by atoms with Gasteiger partial charge in [-0.15, -0.1) is 11.3 Å². The third kappa shape index (κ3) is 9.29. The third-order valence-corrected chi connectivity index (χ3v) is 7.69. The minimum Gasteiger partial charge on any atom is -0.490 e. The lowest BCUT2D eigenvalue weighted by atomic mass is 10.2. The number of amides is 1. The van der Waals surface area contributed by atoms with Crippen molar-refractivity contribution < 1.29 is 27.4 Å². The number of carbonyl (C=O) groups excluding carboxylic acids is 1. The van der Waals surface area contributed by atoms with Crippen LogP contribution in [0.1, 0.15) is 29.3 Å². The van der Waals surface area contributed by atoms with E-state index < -0.39 is 17.6 Å². The van der Waals surface area contributed by atoms with Gasteiger partial charge in [0.15, 0.2) is 16.6 Å². The zero-order chi connectivity index (χ0) is 29.4. The Labute approximate surface area is 265 Å². The molecule has 0 aliphatic heterocycles. The van der Waals surface area contributed by atoms with Gasteiger partial charge in [0.05, 0.1) is 34.1 Å². The van der Waals surface area contributed by atoms with Crippen molar-refractivity contribution >= 4 is 79.5 Å². The second kappa shape index (κ2) is 14.3. The number of carbonyl (C=O) groups is 1. The first-order valence-corrected chi connectivity index (χ1v) is 15.2. The lowest BCUT2D eigenvalue weighted by Crippen LogP contribution is -2.20. The number of hydrogen-bond donors (Lipinski definition) is 2. The number of hydrogen-bond acceptors (Lipinski definition) is 7. The van der Waals surface area contributed by atoms with Gasteiger partial charge >= 0.3 is 6.18 Å². The van der Waals surface area contributed by atoms with Crippen LogP contribution in [0.5, 0.6) is 11.5 Å². The number of ether oxygens (including phenoxy) is 2. The molecule has 4 aromatic rings. The Kier molecular flexibility index (Phi) is 10.8. The third-order valence-electron chi connectivity index (χ3n) is 5.37. The molecule has 7 nitrogen and oxygen atoms in total. The molecule has 214 valence electrons. The minimum atomic E-state index is -4.44. The highest BCUT2D eigenvalue weighted by molar-refractivity contribution is 14.1. The van der Waals surface area contributed by atoms with Crippen LogP contribution in [0.2, 0.25) is 0 Å². The van der Waals surface area contributed by atoms with E-state index in [0.29, 0.717) is 41.1 Å². The van der Waals surface area contributed by atoms with E-state index in [0.717, 1.165) is 24.8 Å². The van der Waals surface area contributed by atoms with E-state index in [-0.39, 0.29) is 12.1 Å². The van der Waals surface area contributed by atoms with Crippen LogP contribution in [-0.4, -0.2) is 23.7 Å². The maximum atomic E-state index is 12.9. The van der Waals surface area contributed by atoms with Crippen LogP contribution in [0.25, 0.3) is 0 Å². The monoisotopic (exact) mass is 806 g/mol. The molecular weight excluding hydrogens is 783 g/mol. The molecule has 3 aromatic carbocycles. The zero-order valence-electron chi connectivity index (χ0n) is 21.5. The smallest absolute Gasteiger partial charge is 0.416 e. The van der Waals surface area contributed by atoms with Crippen molar-refractivity contribution in [3.63, 3.8) is 0 Å². The van der Waals surface area contributed by atoms with Gasteiger partial charge in [-0.25, -0.2) is 10.4 Å². The molecule has 1 heterocycles. The van der Waals surface area contributed by atoms with Gasteiger partial charge in [0.2, 0.25) is 5.91 Å². The summed E-state index contributed by atoms with van der Waals surface area (Å²) in [5, 5.41) is 8.92. The molecule has 41 heavy (non-hydrogen) atoms. The maximum Gasteiger partial charge on any atom is 0.416 e. The molecule has 1 amide bonds. The molecule has 1 aromatic heterocycles. The van der Waals surface area contributed by atoms with Crippen LogP contribution in [-0.2, 0) is 24.0 Å². The van der Waals surface area contributed by atoms with E-state index in [1.807, 2.05) is 37.3 Å². The Hall–Kier alpha value is -2.92. The molecule has 0 aliphatic rings. The molecule has 0 bridgehead atoms. The fourth-order valence-corrected chi connectivity index (χ4v) is 5.40. The van der Waals surface area contributed by atoms with Gasteiger partial charge < -0.3 is 14.8 Å². The Balaban J connectivity index is 1.34. The second-order valence-corrected chi connectivity index (χ2v) is 11.8. The summed E-state index contributed by atoms with van der Waals surface area (Å²) in [4.78, 5) is 16.7. The maximum absolute atomic E-state index is 12.9. The van der Waals surface area contributed by atoms with E-state index in [9.17, 15) is 18.0 Å². The van der Waals surface area contributed by atoms with Crippen LogP contribution >= 0.6 is 56.5 Å². The molecular formula is C28H23F3I2N4O3S. The van der Waals surface area contributed by atoms with Gasteiger partial charge in [-0.2, -0.15) is 18.3 Å². The van der Waals surface area contributed by atoms with E-state index in [2.05, 4.69) is 66.0 Å². The summed E-state index contributed by atoms with van der Waals surface area (Å²) in [7, 11) is 0. The van der Waals surface area contributed by atoms with Gasteiger partial charge in [-0.1, -0.05) is 18.2 Å². The molecule has 0 aliphatic carbocycles. The number of thiazole rings is 1. The van der Waals surface area contributed by atoms with Crippen LogP contribution < -0.4 is 20.2 Å². The van der Waals surface area contributed by atoms with Crippen molar-refractivity contribution in [1.82, 2.24) is 10.4 Å². The molecule has 0 saturated heterocycles. The van der Waals surface area contributed by atoms with Crippen LogP contribution in [0, 0.1) is 7.14 Å². The normalized spacial score (nSPS) is 11.5. The molecule has 0 unspecified atom stereocenters. The highest BCUT2D eigenvalue weighted by atomic mass is 127. The van der Waals surface area contributed by atoms with E-state index in [4.69, 9.17) is 9.47 Å². The molecule has 0 fully saturated rings. The Bertz CT molecular complexity index is 1530. The van der Waals surface area contributed by atoms with Crippen molar-refractivity contribution in [3.8, 4) is 11.5 Å². The molecule has 0 spiro atoms. The average molecular weight is 806 g/mol. The van der Waals surface area contributed by atoms with Crippen molar-refractivity contribution in [2.45, 2.75) is 26.1 Å². The van der Waals surface area contributed by atoms with Gasteiger partial charge in [0.1, 0.15) is 6.61 Å². The first-order valence-electron chi connectivity index (χ1n) is 12.1. The van der Waals surface area contributed by atoms with E-state index >= 15 is 0 Å². The number of anilines is 2. The van der Waals surface area contributed by atoms with Crippen LogP contribution in [0.15, 0.2) is 71.1 Å². The van der Waals surface area contributed by atoms with E-state index in [1.165, 1.54) is 29.7 Å². The number of halogens is 5. The van der Waals surface area contributed by atoms with Crippen molar-refractivity contribution in [2.75, 3.05) is 11.9 Å². The summed E-state index contributed by atoms with van der Waals surface area (Å²) < 4.78 is 52.7. The highest BCUT2D eigenvalue weighted by Crippen LogP contribution is 2.35. The number of rotatable bonds is 11. The first kappa shape index (κ1) is 31.0. The predicted octanol–water partition coefficient (Wildman–Crippen LogP) is 7.79. The predicted molar refractivity (Wildman–Crippen MR) is 170 cm³/mol. The number of aromatic nitrogens is 1. The Morgan fingerprint density at radius 2 is 1.88 bits per heavy atom. The SMILES string of the molecule is CCOc1cc(/C=N\NC(=O)Cc2csc(Nc3cccc(C(F)(F)F)c3)n2)cc(I)c1OCc1ccc(I)cc1. The molecule has 13 heteroatoms. The quantitative estimate of drug-likeness (QED) is 0.0920. The summed E-state index contributed by atoms with van der Waals surface area (Å²) in [6, 6.07) is 16.5. The second-order valence-electron chi connectivity index (χ2n) is 8.50. The van der Waals surface area contributed by atoms with Gasteiger partial charge in [-0.3, -0.25) is 4.79 Å². The summed E-state index contributed by atoms with van der Waals surface area (Å²) in [6.45, 7) is 2.73. The number of benzene rings is 3. The molecule has 0 radical (unpaired) electrons. The van der Waals surface area contributed by atoms with Crippen LogP contribution in [0.3, 0.4) is 0 Å². The largest absolute Gasteiger partial charge is 0.490 e. The lowest BCUT2D eigenvalue weighted by molar-refractivity contribution is -0.137. The van der Waals surface area contributed by atoms with Crippen LogP contribution in [0.4, 0.5) is 24.0 Å². The summed E-state index contributed by atoms with van der Waals surface area (Å²) in [5.74, 6) is 0.806. The highest BCUT2D eigenvalue weighted by Gasteiger charge is 2.30. The zero-order valence-corrected chi connectivity index (χ0v) is 26.6. The summed E-state index contributed by atoms with van der Waals surface area (Å²) >= 11 is 5.61. The lowest BCUT2D eigenvalue weighted by Gasteiger charge is -2.15. The Morgan fingerprint density at radius 3 is 2.61 bits per heavy atom. The molecule has 0 atom stereocenters.